The molecular weight excluding hydrogens is 456 g/mol. The molecule has 5 nitrogen and oxygen atoms in total. The zero-order valence-electron chi connectivity index (χ0n) is 18.8. The number of nitrogens with zero attached hydrogens (tertiary/aromatic N) is 1. The Kier molecular flexibility index (Phi) is 6.37. The predicted molar refractivity (Wildman–Crippen MR) is 139 cm³/mol. The van der Waals surface area contributed by atoms with Gasteiger partial charge in [-0.1, -0.05) is 72.8 Å². The molecule has 172 valence electrons. The summed E-state index contributed by atoms with van der Waals surface area (Å²) in [6.07, 6.45) is 0.180. The summed E-state index contributed by atoms with van der Waals surface area (Å²) < 4.78 is 1.03. The van der Waals surface area contributed by atoms with E-state index >= 15 is 0 Å². The van der Waals surface area contributed by atoms with Crippen LogP contribution in [-0.4, -0.2) is 22.0 Å². The van der Waals surface area contributed by atoms with Crippen molar-refractivity contribution in [3.63, 3.8) is 0 Å². The average Bonchev–Trinajstić information content (AvgIpc) is 3.29. The summed E-state index contributed by atoms with van der Waals surface area (Å²) in [5, 5.41) is 12.7. The monoisotopic (exact) mass is 478 g/mol. The van der Waals surface area contributed by atoms with E-state index in [-0.39, 0.29) is 24.4 Å². The van der Waals surface area contributed by atoms with Gasteiger partial charge in [-0.25, -0.2) is 9.78 Å². The Labute approximate surface area is 206 Å². The summed E-state index contributed by atoms with van der Waals surface area (Å²) in [5.74, 6) is -1.14. The van der Waals surface area contributed by atoms with Crippen LogP contribution in [0.3, 0.4) is 0 Å². The molecule has 1 amide bonds. The molecule has 0 radical (unpaired) electrons. The van der Waals surface area contributed by atoms with Gasteiger partial charge >= 0.3 is 5.97 Å². The van der Waals surface area contributed by atoms with Crippen molar-refractivity contribution >= 4 is 33.4 Å². The van der Waals surface area contributed by atoms with Crippen LogP contribution >= 0.6 is 11.3 Å². The molecule has 0 fully saturated rings. The number of carbonyl (C=O) groups excluding carboxylic acids is 1. The van der Waals surface area contributed by atoms with E-state index in [9.17, 15) is 9.59 Å². The molecule has 0 bridgehead atoms. The lowest BCUT2D eigenvalue weighted by molar-refractivity contribution is -0.120. The van der Waals surface area contributed by atoms with E-state index in [1.54, 1.807) is 18.2 Å². The van der Waals surface area contributed by atoms with Crippen LogP contribution in [0.5, 0.6) is 0 Å². The van der Waals surface area contributed by atoms with Crippen LogP contribution in [0, 0.1) is 0 Å². The van der Waals surface area contributed by atoms with Crippen molar-refractivity contribution in [3.05, 3.63) is 113 Å². The van der Waals surface area contributed by atoms with Gasteiger partial charge in [-0.2, -0.15) is 0 Å². The molecule has 0 spiro atoms. The number of carboxylic acids is 1. The van der Waals surface area contributed by atoms with Gasteiger partial charge < -0.3 is 10.4 Å². The van der Waals surface area contributed by atoms with E-state index in [1.807, 2.05) is 24.3 Å². The molecule has 0 saturated heterocycles. The molecule has 35 heavy (non-hydrogen) atoms. The Morgan fingerprint density at radius 3 is 2.20 bits per heavy atom. The minimum Gasteiger partial charge on any atom is -0.478 e. The van der Waals surface area contributed by atoms with Gasteiger partial charge in [0, 0.05) is 6.54 Å². The first-order valence-corrected chi connectivity index (χ1v) is 12.0. The molecule has 0 aliphatic rings. The lowest BCUT2D eigenvalue weighted by atomic mass is 10.0. The van der Waals surface area contributed by atoms with Crippen LogP contribution < -0.4 is 5.32 Å². The highest BCUT2D eigenvalue weighted by Crippen LogP contribution is 2.30. The summed E-state index contributed by atoms with van der Waals surface area (Å²) in [5.41, 5.74) is 6.42. The van der Waals surface area contributed by atoms with Gasteiger partial charge in [-0.15, -0.1) is 11.3 Å². The largest absolute Gasteiger partial charge is 0.478 e. The van der Waals surface area contributed by atoms with Crippen molar-refractivity contribution in [1.29, 1.82) is 0 Å². The third-order valence-electron chi connectivity index (χ3n) is 5.73. The molecule has 5 rings (SSSR count). The number of benzene rings is 4. The standard InChI is InChI=1S/C29H22N2O3S/c32-27(30-18-19-5-4-8-24(15-19)29(33)34)17-28-31-25-14-13-23(16-26(25)35-28)22-11-9-21(10-12-22)20-6-2-1-3-7-20/h1-16H,17-18H2,(H,30,32)(H,33,34). The fourth-order valence-corrected chi connectivity index (χ4v) is 4.93. The van der Waals surface area contributed by atoms with E-state index in [0.717, 1.165) is 31.9 Å². The van der Waals surface area contributed by atoms with Crippen molar-refractivity contribution in [2.45, 2.75) is 13.0 Å². The van der Waals surface area contributed by atoms with Crippen LogP contribution in [0.4, 0.5) is 0 Å². The minimum atomic E-state index is -0.987. The number of hydrogen-bond donors (Lipinski definition) is 2. The first-order chi connectivity index (χ1) is 17.0. The minimum absolute atomic E-state index is 0.151. The first-order valence-electron chi connectivity index (χ1n) is 11.2. The Bertz CT molecular complexity index is 1510. The smallest absolute Gasteiger partial charge is 0.335 e. The summed E-state index contributed by atoms with van der Waals surface area (Å²) in [6, 6.07) is 31.5. The second kappa shape index (κ2) is 9.91. The second-order valence-corrected chi connectivity index (χ2v) is 9.31. The van der Waals surface area contributed by atoms with Gasteiger partial charge in [-0.3, -0.25) is 4.79 Å². The summed E-state index contributed by atoms with van der Waals surface area (Å²) >= 11 is 1.51. The van der Waals surface area contributed by atoms with Gasteiger partial charge in [0.25, 0.3) is 0 Å². The first kappa shape index (κ1) is 22.5. The van der Waals surface area contributed by atoms with E-state index < -0.39 is 5.97 Å². The van der Waals surface area contributed by atoms with Gasteiger partial charge in [0.1, 0.15) is 5.01 Å². The Balaban J connectivity index is 1.26. The van der Waals surface area contributed by atoms with Gasteiger partial charge in [0.15, 0.2) is 0 Å². The molecular formula is C29H22N2O3S. The number of carbonyl (C=O) groups is 2. The third kappa shape index (κ3) is 5.28. The Morgan fingerprint density at radius 1 is 0.771 bits per heavy atom. The number of rotatable bonds is 7. The molecule has 5 aromatic rings. The van der Waals surface area contributed by atoms with Crippen molar-refractivity contribution in [3.8, 4) is 22.3 Å². The maximum Gasteiger partial charge on any atom is 0.335 e. The number of thiazole rings is 1. The zero-order chi connectivity index (χ0) is 24.2. The summed E-state index contributed by atoms with van der Waals surface area (Å²) in [6.45, 7) is 0.272. The van der Waals surface area contributed by atoms with E-state index in [4.69, 9.17) is 5.11 Å². The number of aromatic carboxylic acids is 1. The zero-order valence-corrected chi connectivity index (χ0v) is 19.6. The highest BCUT2D eigenvalue weighted by atomic mass is 32.1. The van der Waals surface area contributed by atoms with E-state index in [0.29, 0.717) is 0 Å². The van der Waals surface area contributed by atoms with Gasteiger partial charge in [0.2, 0.25) is 5.91 Å². The van der Waals surface area contributed by atoms with Crippen LogP contribution in [0.15, 0.2) is 97.1 Å². The van der Waals surface area contributed by atoms with Crippen LogP contribution in [0.2, 0.25) is 0 Å². The summed E-state index contributed by atoms with van der Waals surface area (Å²) in [4.78, 5) is 28.2. The van der Waals surface area contributed by atoms with Crippen LogP contribution in [0.1, 0.15) is 20.9 Å². The maximum absolute atomic E-state index is 12.5. The maximum atomic E-state index is 12.5. The Hall–Kier alpha value is -4.29. The van der Waals surface area contributed by atoms with Crippen molar-refractivity contribution < 1.29 is 14.7 Å². The number of carboxylic acid groups (broad SMARTS) is 1. The highest BCUT2D eigenvalue weighted by molar-refractivity contribution is 7.18. The quantitative estimate of drug-likeness (QED) is 0.292. The molecule has 0 atom stereocenters. The van der Waals surface area contributed by atoms with Gasteiger partial charge in [0.05, 0.1) is 22.2 Å². The van der Waals surface area contributed by atoms with Crippen molar-refractivity contribution in [1.82, 2.24) is 10.3 Å². The molecule has 4 aromatic carbocycles. The lowest BCUT2D eigenvalue weighted by Crippen LogP contribution is -2.24. The molecule has 0 unspecified atom stereocenters. The Morgan fingerprint density at radius 2 is 1.46 bits per heavy atom. The number of amides is 1. The normalized spacial score (nSPS) is 10.9. The average molecular weight is 479 g/mol. The molecule has 1 heterocycles. The molecule has 0 saturated carbocycles. The van der Waals surface area contributed by atoms with E-state index in [1.165, 1.54) is 28.5 Å². The molecule has 0 aliphatic carbocycles. The highest BCUT2D eigenvalue weighted by Gasteiger charge is 2.11. The van der Waals surface area contributed by atoms with Crippen molar-refractivity contribution in [2.75, 3.05) is 0 Å². The van der Waals surface area contributed by atoms with Crippen molar-refractivity contribution in [2.24, 2.45) is 0 Å². The fourth-order valence-electron chi connectivity index (χ4n) is 3.93. The summed E-state index contributed by atoms with van der Waals surface area (Å²) in [7, 11) is 0. The third-order valence-corrected chi connectivity index (χ3v) is 6.75. The van der Waals surface area contributed by atoms with Crippen LogP contribution in [-0.2, 0) is 17.8 Å². The predicted octanol–water partition coefficient (Wildman–Crippen LogP) is 6.19. The number of hydrogen-bond acceptors (Lipinski definition) is 4. The number of aromatic nitrogens is 1. The topological polar surface area (TPSA) is 79.3 Å². The number of nitrogens with one attached hydrogen (secondary N) is 1. The SMILES string of the molecule is O=C(Cc1nc2ccc(-c3ccc(-c4ccccc4)cc3)cc2s1)NCc1cccc(C(=O)O)c1. The second-order valence-electron chi connectivity index (χ2n) is 8.19. The lowest BCUT2D eigenvalue weighted by Gasteiger charge is -2.05. The van der Waals surface area contributed by atoms with Gasteiger partial charge in [-0.05, 0) is 52.1 Å². The molecule has 2 N–H and O–H groups in total. The molecule has 0 aliphatic heterocycles. The number of fused-ring (bicyclic) bond motifs is 1. The van der Waals surface area contributed by atoms with Crippen LogP contribution in [0.25, 0.3) is 32.5 Å². The molecule has 6 heteroatoms. The fraction of sp³-hybridized carbons (Fsp3) is 0.0690. The molecule has 1 aromatic heterocycles. The van der Waals surface area contributed by atoms with E-state index in [2.05, 4.69) is 58.8 Å².